The number of carbonyl (C=O) groups is 1. The van der Waals surface area contributed by atoms with Crippen molar-refractivity contribution in [2.45, 2.75) is 50.4 Å². The Balaban J connectivity index is 0.000000293. The number of aliphatic hydroxyl groups is 1. The van der Waals surface area contributed by atoms with Gasteiger partial charge in [0.2, 0.25) is 0 Å². The minimum absolute atomic E-state index is 0.338. The van der Waals surface area contributed by atoms with Crippen LogP contribution in [0.5, 0.6) is 0 Å². The maximum atomic E-state index is 10.6. The summed E-state index contributed by atoms with van der Waals surface area (Å²) in [4.78, 5) is 8.90. The average Bonchev–Trinajstić information content (AvgIpc) is 2.10. The van der Waals surface area contributed by atoms with Crippen molar-refractivity contribution < 1.29 is 28.2 Å². The Morgan fingerprint density at radius 3 is 1.88 bits per heavy atom. The second kappa shape index (κ2) is 5.49. The largest absolute Gasteiger partial charge is 0.490 e. The molecule has 0 heterocycles. The molecule has 16 heavy (non-hydrogen) atoms. The number of hydrogen-bond acceptors (Lipinski definition) is 3. The molecule has 1 fully saturated rings. The molecule has 7 heteroatoms. The molecular formula is C9H16F3NO3. The molecule has 0 bridgehead atoms. The second-order valence-electron chi connectivity index (χ2n) is 4.14. The fraction of sp³-hybridized carbons (Fsp3) is 0.889. The van der Waals surface area contributed by atoms with E-state index in [-0.39, 0.29) is 0 Å². The summed E-state index contributed by atoms with van der Waals surface area (Å²) in [6, 6.07) is 0.338. The van der Waals surface area contributed by atoms with Crippen LogP contribution < -0.4 is 5.73 Å². The quantitative estimate of drug-likeness (QED) is 0.598. The number of aliphatic carboxylic acids is 1. The highest BCUT2D eigenvalue weighted by molar-refractivity contribution is 5.73. The van der Waals surface area contributed by atoms with E-state index in [2.05, 4.69) is 0 Å². The molecule has 0 atom stereocenters. The molecular weight excluding hydrogens is 227 g/mol. The lowest BCUT2D eigenvalue weighted by Crippen LogP contribution is -2.36. The average molecular weight is 243 g/mol. The first-order chi connectivity index (χ1) is 7.04. The molecule has 0 aromatic rings. The molecule has 1 aliphatic carbocycles. The van der Waals surface area contributed by atoms with Crippen molar-refractivity contribution in [3.05, 3.63) is 0 Å². The number of carboxylic acid groups (broad SMARTS) is 1. The Bertz CT molecular complexity index is 231. The summed E-state index contributed by atoms with van der Waals surface area (Å²) in [5, 5.41) is 16.6. The van der Waals surface area contributed by atoms with Gasteiger partial charge >= 0.3 is 12.1 Å². The zero-order valence-electron chi connectivity index (χ0n) is 8.92. The van der Waals surface area contributed by atoms with Crippen LogP contribution >= 0.6 is 0 Å². The molecule has 1 rings (SSSR count). The molecule has 0 unspecified atom stereocenters. The molecule has 0 aromatic heterocycles. The fourth-order valence-corrected chi connectivity index (χ4v) is 1.26. The lowest BCUT2D eigenvalue weighted by Gasteiger charge is -2.30. The van der Waals surface area contributed by atoms with E-state index in [0.29, 0.717) is 6.04 Å². The van der Waals surface area contributed by atoms with Crippen LogP contribution in [0.4, 0.5) is 13.2 Å². The summed E-state index contributed by atoms with van der Waals surface area (Å²) in [5.41, 5.74) is 5.22. The maximum absolute atomic E-state index is 10.6. The lowest BCUT2D eigenvalue weighted by atomic mass is 9.84. The molecule has 1 saturated carbocycles. The number of halogens is 3. The Kier molecular flexibility index (Phi) is 5.21. The zero-order chi connectivity index (χ0) is 13.0. The summed E-state index contributed by atoms with van der Waals surface area (Å²) < 4.78 is 31.7. The topological polar surface area (TPSA) is 83.5 Å². The molecule has 4 N–H and O–H groups in total. The number of rotatable bonds is 0. The van der Waals surface area contributed by atoms with Crippen LogP contribution in [-0.4, -0.2) is 34.0 Å². The number of alkyl halides is 3. The molecule has 0 amide bonds. The van der Waals surface area contributed by atoms with Gasteiger partial charge in [0, 0.05) is 6.04 Å². The van der Waals surface area contributed by atoms with E-state index in [1.165, 1.54) is 0 Å². The van der Waals surface area contributed by atoms with Crippen molar-refractivity contribution in [2.75, 3.05) is 0 Å². The predicted octanol–water partition coefficient (Wildman–Crippen LogP) is 1.27. The van der Waals surface area contributed by atoms with Gasteiger partial charge in [0.15, 0.2) is 0 Å². The third-order valence-corrected chi connectivity index (χ3v) is 2.35. The normalized spacial score (nSPS) is 30.2. The van der Waals surface area contributed by atoms with Crippen LogP contribution in [0.1, 0.15) is 32.6 Å². The van der Waals surface area contributed by atoms with E-state index in [1.807, 2.05) is 6.92 Å². The molecule has 1 aliphatic rings. The highest BCUT2D eigenvalue weighted by Crippen LogP contribution is 2.26. The van der Waals surface area contributed by atoms with Gasteiger partial charge in [0.25, 0.3) is 0 Å². The van der Waals surface area contributed by atoms with Crippen LogP contribution in [0.15, 0.2) is 0 Å². The van der Waals surface area contributed by atoms with Crippen molar-refractivity contribution in [3.63, 3.8) is 0 Å². The number of carboxylic acids is 1. The first kappa shape index (κ1) is 15.2. The molecule has 0 spiro atoms. The van der Waals surface area contributed by atoms with Crippen molar-refractivity contribution in [3.8, 4) is 0 Å². The first-order valence-corrected chi connectivity index (χ1v) is 4.83. The Labute approximate surface area is 91.2 Å². The van der Waals surface area contributed by atoms with Crippen molar-refractivity contribution in [1.29, 1.82) is 0 Å². The van der Waals surface area contributed by atoms with E-state index in [1.54, 1.807) is 0 Å². The van der Waals surface area contributed by atoms with Gasteiger partial charge in [-0.3, -0.25) is 0 Å². The summed E-state index contributed by atoms with van der Waals surface area (Å²) in [7, 11) is 0. The number of hydrogen-bond donors (Lipinski definition) is 3. The van der Waals surface area contributed by atoms with E-state index >= 15 is 0 Å². The van der Waals surface area contributed by atoms with Gasteiger partial charge in [-0.25, -0.2) is 4.79 Å². The van der Waals surface area contributed by atoms with Gasteiger partial charge < -0.3 is 15.9 Å². The highest BCUT2D eigenvalue weighted by atomic mass is 19.4. The monoisotopic (exact) mass is 243 g/mol. The van der Waals surface area contributed by atoms with Crippen LogP contribution in [0.2, 0.25) is 0 Å². The summed E-state index contributed by atoms with van der Waals surface area (Å²) in [5.74, 6) is -2.76. The van der Waals surface area contributed by atoms with Crippen LogP contribution in [-0.2, 0) is 4.79 Å². The SMILES string of the molecule is CC1(O)CCC(N)CC1.O=C(O)C(F)(F)F. The summed E-state index contributed by atoms with van der Waals surface area (Å²) in [6.45, 7) is 1.89. The van der Waals surface area contributed by atoms with Crippen molar-refractivity contribution in [1.82, 2.24) is 0 Å². The fourth-order valence-electron chi connectivity index (χ4n) is 1.26. The standard InChI is InChI=1S/C7H15NO.C2HF3O2/c1-7(9)4-2-6(8)3-5-7;3-2(4,5)1(6)7/h6,9H,2-5,8H2,1H3;(H,6,7). The number of nitrogens with two attached hydrogens (primary N) is 1. The van der Waals surface area contributed by atoms with Gasteiger partial charge in [-0.15, -0.1) is 0 Å². The Morgan fingerprint density at radius 1 is 1.38 bits per heavy atom. The molecule has 4 nitrogen and oxygen atoms in total. The lowest BCUT2D eigenvalue weighted by molar-refractivity contribution is -0.192. The van der Waals surface area contributed by atoms with Crippen LogP contribution in [0.25, 0.3) is 0 Å². The van der Waals surface area contributed by atoms with Crippen molar-refractivity contribution >= 4 is 5.97 Å². The Morgan fingerprint density at radius 2 is 1.69 bits per heavy atom. The minimum atomic E-state index is -5.08. The summed E-state index contributed by atoms with van der Waals surface area (Å²) >= 11 is 0. The maximum Gasteiger partial charge on any atom is 0.490 e. The van der Waals surface area contributed by atoms with Crippen LogP contribution in [0.3, 0.4) is 0 Å². The van der Waals surface area contributed by atoms with Gasteiger partial charge in [0.05, 0.1) is 5.60 Å². The molecule has 0 saturated heterocycles. The van der Waals surface area contributed by atoms with Crippen LogP contribution in [0, 0.1) is 0 Å². The van der Waals surface area contributed by atoms with Gasteiger partial charge in [-0.2, -0.15) is 13.2 Å². The van der Waals surface area contributed by atoms with E-state index < -0.39 is 17.7 Å². The van der Waals surface area contributed by atoms with Gasteiger partial charge in [-0.1, -0.05) is 0 Å². The van der Waals surface area contributed by atoms with Gasteiger partial charge in [-0.05, 0) is 32.6 Å². The zero-order valence-corrected chi connectivity index (χ0v) is 8.92. The first-order valence-electron chi connectivity index (χ1n) is 4.83. The molecule has 0 aliphatic heterocycles. The second-order valence-corrected chi connectivity index (χ2v) is 4.14. The van der Waals surface area contributed by atoms with Gasteiger partial charge in [0.1, 0.15) is 0 Å². The minimum Gasteiger partial charge on any atom is -0.475 e. The predicted molar refractivity (Wildman–Crippen MR) is 50.8 cm³/mol. The molecule has 0 aromatic carbocycles. The molecule has 96 valence electrons. The van der Waals surface area contributed by atoms with E-state index in [4.69, 9.17) is 15.6 Å². The highest BCUT2D eigenvalue weighted by Gasteiger charge is 2.38. The molecule has 0 radical (unpaired) electrons. The van der Waals surface area contributed by atoms with E-state index in [0.717, 1.165) is 25.7 Å². The van der Waals surface area contributed by atoms with E-state index in [9.17, 15) is 18.3 Å². The smallest absolute Gasteiger partial charge is 0.475 e. The summed E-state index contributed by atoms with van der Waals surface area (Å²) in [6.07, 6.45) is -1.39. The van der Waals surface area contributed by atoms with Crippen molar-refractivity contribution in [2.24, 2.45) is 5.73 Å². The third kappa shape index (κ3) is 6.62. The Hall–Kier alpha value is -0.820. The third-order valence-electron chi connectivity index (χ3n) is 2.35.